The van der Waals surface area contributed by atoms with Gasteiger partial charge >= 0.3 is 0 Å². The van der Waals surface area contributed by atoms with Crippen LogP contribution in [0.2, 0.25) is 10.0 Å². The van der Waals surface area contributed by atoms with Gasteiger partial charge in [-0.05, 0) is 41.3 Å². The maximum Gasteiger partial charge on any atom is 0.0714 e. The molecule has 0 aliphatic rings. The SMILES string of the molecule is CCc1cnccc1C(NN)c1ccc(Cl)c(Cl)c1. The predicted molar refractivity (Wildman–Crippen MR) is 79.2 cm³/mol. The molecule has 0 radical (unpaired) electrons. The number of hydrogen-bond donors (Lipinski definition) is 2. The van der Waals surface area contributed by atoms with Gasteiger partial charge in [0.25, 0.3) is 0 Å². The summed E-state index contributed by atoms with van der Waals surface area (Å²) in [5.41, 5.74) is 6.04. The van der Waals surface area contributed by atoms with E-state index in [1.54, 1.807) is 12.3 Å². The largest absolute Gasteiger partial charge is 0.271 e. The first-order chi connectivity index (χ1) is 9.17. The second kappa shape index (κ2) is 6.35. The number of benzene rings is 1. The molecule has 0 saturated heterocycles. The van der Waals surface area contributed by atoms with Crippen LogP contribution in [0, 0.1) is 0 Å². The van der Waals surface area contributed by atoms with Crippen molar-refractivity contribution in [1.82, 2.24) is 10.4 Å². The van der Waals surface area contributed by atoms with Crippen molar-refractivity contribution >= 4 is 23.2 Å². The van der Waals surface area contributed by atoms with E-state index >= 15 is 0 Å². The standard InChI is InChI=1S/C14H15Cl2N3/c1-2-9-8-18-6-5-11(9)14(19-17)10-3-4-12(15)13(16)7-10/h3-8,14,19H,2,17H2,1H3. The molecule has 1 unspecified atom stereocenters. The number of nitrogens with zero attached hydrogens (tertiary/aromatic N) is 1. The minimum absolute atomic E-state index is 0.132. The lowest BCUT2D eigenvalue weighted by atomic mass is 9.95. The molecule has 0 aliphatic carbocycles. The Morgan fingerprint density at radius 2 is 2.05 bits per heavy atom. The Labute approximate surface area is 122 Å². The number of nitrogens with one attached hydrogen (secondary N) is 1. The summed E-state index contributed by atoms with van der Waals surface area (Å²) in [5, 5.41) is 1.05. The molecule has 0 bridgehead atoms. The number of hydrogen-bond acceptors (Lipinski definition) is 3. The second-order valence-corrected chi connectivity index (χ2v) is 5.02. The lowest BCUT2D eigenvalue weighted by molar-refractivity contribution is 0.630. The van der Waals surface area contributed by atoms with Crippen LogP contribution in [0.4, 0.5) is 0 Å². The highest BCUT2D eigenvalue weighted by atomic mass is 35.5. The minimum atomic E-state index is -0.132. The smallest absolute Gasteiger partial charge is 0.0714 e. The first-order valence-corrected chi connectivity index (χ1v) is 6.76. The Balaban J connectivity index is 2.46. The van der Waals surface area contributed by atoms with Crippen molar-refractivity contribution in [2.24, 2.45) is 5.84 Å². The summed E-state index contributed by atoms with van der Waals surface area (Å²) in [6, 6.07) is 7.35. The second-order valence-electron chi connectivity index (χ2n) is 4.20. The molecule has 100 valence electrons. The molecule has 0 spiro atoms. The fourth-order valence-corrected chi connectivity index (χ4v) is 2.38. The molecule has 0 fully saturated rings. The van der Waals surface area contributed by atoms with Crippen molar-refractivity contribution in [3.63, 3.8) is 0 Å². The Morgan fingerprint density at radius 1 is 1.26 bits per heavy atom. The third kappa shape index (κ3) is 3.07. The van der Waals surface area contributed by atoms with Gasteiger partial charge in [0.2, 0.25) is 0 Å². The molecular formula is C14H15Cl2N3. The maximum atomic E-state index is 6.06. The van der Waals surface area contributed by atoms with Gasteiger partial charge in [-0.3, -0.25) is 10.8 Å². The first-order valence-electron chi connectivity index (χ1n) is 6.01. The van der Waals surface area contributed by atoms with Crippen molar-refractivity contribution < 1.29 is 0 Å². The highest BCUT2D eigenvalue weighted by Crippen LogP contribution is 2.29. The summed E-state index contributed by atoms with van der Waals surface area (Å²) in [7, 11) is 0. The van der Waals surface area contributed by atoms with Gasteiger partial charge in [-0.25, -0.2) is 5.43 Å². The molecule has 3 nitrogen and oxygen atoms in total. The van der Waals surface area contributed by atoms with Gasteiger partial charge in [0.1, 0.15) is 0 Å². The molecule has 0 aliphatic heterocycles. The normalized spacial score (nSPS) is 12.4. The van der Waals surface area contributed by atoms with E-state index in [9.17, 15) is 0 Å². The number of rotatable bonds is 4. The highest BCUT2D eigenvalue weighted by Gasteiger charge is 2.16. The number of halogens is 2. The third-order valence-electron chi connectivity index (χ3n) is 3.08. The van der Waals surface area contributed by atoms with Crippen LogP contribution in [0.25, 0.3) is 0 Å². The molecule has 2 rings (SSSR count). The lowest BCUT2D eigenvalue weighted by Crippen LogP contribution is -2.29. The molecule has 5 heteroatoms. The van der Waals surface area contributed by atoms with Crippen molar-refractivity contribution in [3.05, 3.63) is 63.4 Å². The van der Waals surface area contributed by atoms with Crippen LogP contribution in [0.3, 0.4) is 0 Å². The van der Waals surface area contributed by atoms with E-state index in [1.807, 2.05) is 24.4 Å². The maximum absolute atomic E-state index is 6.06. The van der Waals surface area contributed by atoms with Crippen molar-refractivity contribution in [2.75, 3.05) is 0 Å². The summed E-state index contributed by atoms with van der Waals surface area (Å²) >= 11 is 12.0. The van der Waals surface area contributed by atoms with E-state index in [0.29, 0.717) is 10.0 Å². The van der Waals surface area contributed by atoms with E-state index in [-0.39, 0.29) is 6.04 Å². The molecule has 2 aromatic rings. The number of nitrogens with two attached hydrogens (primary N) is 1. The van der Waals surface area contributed by atoms with E-state index < -0.39 is 0 Å². The van der Waals surface area contributed by atoms with Gasteiger partial charge in [-0.2, -0.15) is 0 Å². The topological polar surface area (TPSA) is 50.9 Å². The quantitative estimate of drug-likeness (QED) is 0.670. The van der Waals surface area contributed by atoms with E-state index in [1.165, 1.54) is 0 Å². The molecular weight excluding hydrogens is 281 g/mol. The first kappa shape index (κ1) is 14.3. The van der Waals surface area contributed by atoms with Gasteiger partial charge in [-0.1, -0.05) is 36.2 Å². The van der Waals surface area contributed by atoms with Crippen molar-refractivity contribution in [3.8, 4) is 0 Å². The van der Waals surface area contributed by atoms with Crippen molar-refractivity contribution in [1.29, 1.82) is 0 Å². The molecule has 1 aromatic heterocycles. The Hall–Kier alpha value is -1.13. The van der Waals surface area contributed by atoms with Crippen LogP contribution in [-0.4, -0.2) is 4.98 Å². The molecule has 0 amide bonds. The monoisotopic (exact) mass is 295 g/mol. The fourth-order valence-electron chi connectivity index (χ4n) is 2.07. The lowest BCUT2D eigenvalue weighted by Gasteiger charge is -2.20. The van der Waals surface area contributed by atoms with Crippen molar-refractivity contribution in [2.45, 2.75) is 19.4 Å². The number of aryl methyl sites for hydroxylation is 1. The van der Waals surface area contributed by atoms with E-state index in [2.05, 4.69) is 17.3 Å². The molecule has 1 aromatic carbocycles. The van der Waals surface area contributed by atoms with Crippen LogP contribution < -0.4 is 11.3 Å². The van der Waals surface area contributed by atoms with Crippen LogP contribution in [0.1, 0.15) is 29.7 Å². The van der Waals surface area contributed by atoms with E-state index in [0.717, 1.165) is 23.1 Å². The summed E-state index contributed by atoms with van der Waals surface area (Å²) in [6.07, 6.45) is 4.51. The molecule has 3 N–H and O–H groups in total. The Bertz CT molecular complexity index is 572. The Morgan fingerprint density at radius 3 is 2.68 bits per heavy atom. The zero-order valence-electron chi connectivity index (χ0n) is 10.5. The number of aromatic nitrogens is 1. The summed E-state index contributed by atoms with van der Waals surface area (Å²) in [5.74, 6) is 5.70. The molecule has 1 heterocycles. The van der Waals surface area contributed by atoms with Gasteiger partial charge in [-0.15, -0.1) is 0 Å². The third-order valence-corrected chi connectivity index (χ3v) is 3.82. The van der Waals surface area contributed by atoms with Crippen LogP contribution in [0.5, 0.6) is 0 Å². The van der Waals surface area contributed by atoms with Gasteiger partial charge < -0.3 is 0 Å². The van der Waals surface area contributed by atoms with Gasteiger partial charge in [0.15, 0.2) is 0 Å². The van der Waals surface area contributed by atoms with Gasteiger partial charge in [0, 0.05) is 12.4 Å². The summed E-state index contributed by atoms with van der Waals surface area (Å²) in [6.45, 7) is 2.09. The van der Waals surface area contributed by atoms with Gasteiger partial charge in [0.05, 0.1) is 16.1 Å². The summed E-state index contributed by atoms with van der Waals surface area (Å²) < 4.78 is 0. The molecule has 19 heavy (non-hydrogen) atoms. The van der Waals surface area contributed by atoms with Crippen LogP contribution in [-0.2, 0) is 6.42 Å². The average Bonchev–Trinajstić information content (AvgIpc) is 2.44. The highest BCUT2D eigenvalue weighted by molar-refractivity contribution is 6.42. The van der Waals surface area contributed by atoms with Crippen LogP contribution in [0.15, 0.2) is 36.7 Å². The minimum Gasteiger partial charge on any atom is -0.271 e. The van der Waals surface area contributed by atoms with E-state index in [4.69, 9.17) is 29.0 Å². The zero-order valence-corrected chi connectivity index (χ0v) is 12.0. The Kier molecular flexibility index (Phi) is 4.77. The van der Waals surface area contributed by atoms with Crippen LogP contribution >= 0.6 is 23.2 Å². The fraction of sp³-hybridized carbons (Fsp3) is 0.214. The summed E-state index contributed by atoms with van der Waals surface area (Å²) in [4.78, 5) is 4.14. The number of pyridine rings is 1. The average molecular weight is 296 g/mol. The molecule has 1 atom stereocenters. The predicted octanol–water partition coefficient (Wildman–Crippen LogP) is 3.50. The number of hydrazine groups is 1. The zero-order chi connectivity index (χ0) is 13.8. The molecule has 0 saturated carbocycles.